The molecule has 0 aliphatic carbocycles. The standard InChI is InChI=1S/C21H20N2O3S/c1-3-15-11-7-8-14(2)19(15)23-18(24)12-26-21(25)17-13-27-20(22-17)16-9-5-4-6-10-16/h4-11,13H,3,12H2,1-2H3,(H,23,24). The summed E-state index contributed by atoms with van der Waals surface area (Å²) in [6, 6.07) is 15.4. The SMILES string of the molecule is CCc1cccc(C)c1NC(=O)COC(=O)c1csc(-c2ccccc2)n1. The number of amides is 1. The van der Waals surface area contributed by atoms with Crippen LogP contribution in [0.3, 0.4) is 0 Å². The summed E-state index contributed by atoms with van der Waals surface area (Å²) in [5, 5.41) is 5.21. The predicted octanol–water partition coefficient (Wildman–Crippen LogP) is 4.48. The summed E-state index contributed by atoms with van der Waals surface area (Å²) in [6.07, 6.45) is 0.804. The lowest BCUT2D eigenvalue weighted by atomic mass is 10.1. The molecule has 6 heteroatoms. The maximum atomic E-state index is 12.2. The summed E-state index contributed by atoms with van der Waals surface area (Å²) < 4.78 is 5.12. The highest BCUT2D eigenvalue weighted by molar-refractivity contribution is 7.13. The number of aryl methyl sites for hydroxylation is 2. The fraction of sp³-hybridized carbons (Fsp3) is 0.190. The fourth-order valence-electron chi connectivity index (χ4n) is 2.66. The van der Waals surface area contributed by atoms with Gasteiger partial charge in [0.2, 0.25) is 0 Å². The summed E-state index contributed by atoms with van der Waals surface area (Å²) in [4.78, 5) is 28.7. The molecule has 138 valence electrons. The Morgan fingerprint density at radius 2 is 1.89 bits per heavy atom. The summed E-state index contributed by atoms with van der Waals surface area (Å²) >= 11 is 1.36. The van der Waals surface area contributed by atoms with Crippen molar-refractivity contribution < 1.29 is 14.3 Å². The van der Waals surface area contributed by atoms with E-state index in [1.54, 1.807) is 5.38 Å². The average Bonchev–Trinajstić information content (AvgIpc) is 3.19. The van der Waals surface area contributed by atoms with Crippen molar-refractivity contribution in [3.63, 3.8) is 0 Å². The molecule has 1 amide bonds. The number of carbonyl (C=O) groups excluding carboxylic acids is 2. The van der Waals surface area contributed by atoms with Crippen molar-refractivity contribution in [3.05, 3.63) is 70.7 Å². The fourth-order valence-corrected chi connectivity index (χ4v) is 3.46. The topological polar surface area (TPSA) is 68.3 Å². The summed E-state index contributed by atoms with van der Waals surface area (Å²) in [6.45, 7) is 3.60. The van der Waals surface area contributed by atoms with E-state index in [4.69, 9.17) is 4.74 Å². The van der Waals surface area contributed by atoms with E-state index in [0.717, 1.165) is 33.8 Å². The number of ether oxygens (including phenoxy) is 1. The predicted molar refractivity (Wildman–Crippen MR) is 107 cm³/mol. The molecule has 1 N–H and O–H groups in total. The van der Waals surface area contributed by atoms with Gasteiger partial charge >= 0.3 is 5.97 Å². The Kier molecular flexibility index (Phi) is 5.98. The molecule has 1 aromatic heterocycles. The zero-order valence-corrected chi connectivity index (χ0v) is 16.0. The van der Waals surface area contributed by atoms with E-state index in [-0.39, 0.29) is 18.2 Å². The molecule has 0 aliphatic heterocycles. The zero-order chi connectivity index (χ0) is 19.2. The first-order chi connectivity index (χ1) is 13.1. The highest BCUT2D eigenvalue weighted by Crippen LogP contribution is 2.24. The number of rotatable bonds is 6. The van der Waals surface area contributed by atoms with Crippen molar-refractivity contribution in [2.24, 2.45) is 0 Å². The number of anilines is 1. The van der Waals surface area contributed by atoms with Gasteiger partial charge in [0.15, 0.2) is 12.3 Å². The monoisotopic (exact) mass is 380 g/mol. The van der Waals surface area contributed by atoms with Gasteiger partial charge in [-0.2, -0.15) is 0 Å². The van der Waals surface area contributed by atoms with E-state index >= 15 is 0 Å². The maximum absolute atomic E-state index is 12.2. The Morgan fingerprint density at radius 3 is 2.63 bits per heavy atom. The molecular weight excluding hydrogens is 360 g/mol. The third-order valence-electron chi connectivity index (χ3n) is 4.07. The van der Waals surface area contributed by atoms with Crippen LogP contribution in [0.4, 0.5) is 5.69 Å². The van der Waals surface area contributed by atoms with Crippen LogP contribution in [-0.4, -0.2) is 23.5 Å². The van der Waals surface area contributed by atoms with E-state index in [9.17, 15) is 9.59 Å². The minimum absolute atomic E-state index is 0.205. The van der Waals surface area contributed by atoms with Gasteiger partial charge in [0.1, 0.15) is 5.01 Å². The molecule has 0 fully saturated rings. The Labute approximate surface area is 162 Å². The highest BCUT2D eigenvalue weighted by Gasteiger charge is 2.16. The van der Waals surface area contributed by atoms with Crippen LogP contribution < -0.4 is 5.32 Å². The smallest absolute Gasteiger partial charge is 0.358 e. The van der Waals surface area contributed by atoms with Crippen molar-refractivity contribution in [1.29, 1.82) is 0 Å². The van der Waals surface area contributed by atoms with Crippen LogP contribution in [-0.2, 0) is 16.0 Å². The van der Waals surface area contributed by atoms with Crippen LogP contribution in [0.2, 0.25) is 0 Å². The molecule has 3 rings (SSSR count). The molecule has 27 heavy (non-hydrogen) atoms. The van der Waals surface area contributed by atoms with Crippen LogP contribution in [0.25, 0.3) is 10.6 Å². The minimum atomic E-state index is -0.607. The van der Waals surface area contributed by atoms with Crippen LogP contribution in [0.1, 0.15) is 28.5 Å². The van der Waals surface area contributed by atoms with Gasteiger partial charge < -0.3 is 10.1 Å². The molecule has 2 aromatic carbocycles. The normalized spacial score (nSPS) is 10.4. The number of aromatic nitrogens is 1. The third kappa shape index (κ3) is 4.60. The number of para-hydroxylation sites is 1. The third-order valence-corrected chi connectivity index (χ3v) is 4.96. The average molecular weight is 380 g/mol. The molecule has 0 bridgehead atoms. The second-order valence-corrected chi connectivity index (χ2v) is 6.85. The van der Waals surface area contributed by atoms with Crippen LogP contribution in [0.5, 0.6) is 0 Å². The molecule has 1 heterocycles. The van der Waals surface area contributed by atoms with Crippen molar-refractivity contribution in [1.82, 2.24) is 4.98 Å². The van der Waals surface area contributed by atoms with Crippen molar-refractivity contribution in [2.45, 2.75) is 20.3 Å². The quantitative estimate of drug-likeness (QED) is 0.641. The molecule has 5 nitrogen and oxygen atoms in total. The molecule has 0 saturated heterocycles. The van der Waals surface area contributed by atoms with Gasteiger partial charge in [0.05, 0.1) is 0 Å². The van der Waals surface area contributed by atoms with Gasteiger partial charge in [-0.15, -0.1) is 11.3 Å². The lowest BCUT2D eigenvalue weighted by Gasteiger charge is -2.12. The second-order valence-electron chi connectivity index (χ2n) is 5.99. The van der Waals surface area contributed by atoms with Gasteiger partial charge in [-0.25, -0.2) is 9.78 Å². The number of carbonyl (C=O) groups is 2. The van der Waals surface area contributed by atoms with Gasteiger partial charge in [-0.1, -0.05) is 55.5 Å². The largest absolute Gasteiger partial charge is 0.451 e. The first-order valence-electron chi connectivity index (χ1n) is 8.65. The molecular formula is C21H20N2O3S. The maximum Gasteiger partial charge on any atom is 0.358 e. The van der Waals surface area contributed by atoms with Crippen molar-refractivity contribution >= 4 is 28.9 Å². The summed E-state index contributed by atoms with van der Waals surface area (Å²) in [5.74, 6) is -0.977. The number of esters is 1. The molecule has 3 aromatic rings. The molecule has 0 spiro atoms. The highest BCUT2D eigenvalue weighted by atomic mass is 32.1. The lowest BCUT2D eigenvalue weighted by molar-refractivity contribution is -0.119. The van der Waals surface area contributed by atoms with E-state index in [1.807, 2.05) is 62.4 Å². The first kappa shape index (κ1) is 18.8. The number of benzene rings is 2. The van der Waals surface area contributed by atoms with Crippen LogP contribution in [0, 0.1) is 6.92 Å². The Balaban J connectivity index is 1.60. The van der Waals surface area contributed by atoms with E-state index in [2.05, 4.69) is 10.3 Å². The van der Waals surface area contributed by atoms with E-state index in [0.29, 0.717) is 0 Å². The number of nitrogens with one attached hydrogen (secondary N) is 1. The van der Waals surface area contributed by atoms with Gasteiger partial charge in [0.25, 0.3) is 5.91 Å². The van der Waals surface area contributed by atoms with Gasteiger partial charge in [0, 0.05) is 16.6 Å². The molecule has 0 atom stereocenters. The molecule has 0 saturated carbocycles. The van der Waals surface area contributed by atoms with Crippen molar-refractivity contribution in [3.8, 4) is 10.6 Å². The minimum Gasteiger partial charge on any atom is -0.451 e. The molecule has 0 aliphatic rings. The number of nitrogens with zero attached hydrogens (tertiary/aromatic N) is 1. The zero-order valence-electron chi connectivity index (χ0n) is 15.2. The van der Waals surface area contributed by atoms with Crippen LogP contribution >= 0.6 is 11.3 Å². The first-order valence-corrected chi connectivity index (χ1v) is 9.53. The van der Waals surface area contributed by atoms with Gasteiger partial charge in [-0.3, -0.25) is 4.79 Å². The molecule has 0 radical (unpaired) electrons. The summed E-state index contributed by atoms with van der Waals surface area (Å²) in [5.41, 5.74) is 3.94. The number of thiazole rings is 1. The Hall–Kier alpha value is -2.99. The van der Waals surface area contributed by atoms with Gasteiger partial charge in [-0.05, 0) is 24.5 Å². The lowest BCUT2D eigenvalue weighted by Crippen LogP contribution is -2.22. The molecule has 0 unspecified atom stereocenters. The Bertz CT molecular complexity index is 951. The summed E-state index contributed by atoms with van der Waals surface area (Å²) in [7, 11) is 0. The van der Waals surface area contributed by atoms with Crippen LogP contribution in [0.15, 0.2) is 53.9 Å². The Morgan fingerprint density at radius 1 is 1.11 bits per heavy atom. The number of hydrogen-bond donors (Lipinski definition) is 1. The van der Waals surface area contributed by atoms with E-state index < -0.39 is 5.97 Å². The second kappa shape index (κ2) is 8.60. The van der Waals surface area contributed by atoms with E-state index in [1.165, 1.54) is 11.3 Å². The number of hydrogen-bond acceptors (Lipinski definition) is 5. The van der Waals surface area contributed by atoms with Crippen molar-refractivity contribution in [2.75, 3.05) is 11.9 Å².